The molecule has 2 nitrogen and oxygen atoms in total. The maximum Gasteiger partial charge on any atom is 0.368 e. The lowest BCUT2D eigenvalue weighted by molar-refractivity contribution is 0.184. The zero-order valence-corrected chi connectivity index (χ0v) is 4.55. The van der Waals surface area contributed by atoms with Crippen molar-refractivity contribution in [3.05, 3.63) is 24.5 Å². The van der Waals surface area contributed by atoms with Crippen LogP contribution >= 0.6 is 0 Å². The summed E-state index contributed by atoms with van der Waals surface area (Å²) in [7, 11) is 1.53. The maximum absolute atomic E-state index is 4.84. The summed E-state index contributed by atoms with van der Waals surface area (Å²) in [4.78, 5) is 0. The summed E-state index contributed by atoms with van der Waals surface area (Å²) in [6.07, 6.45) is 3.55. The molecule has 1 aliphatic rings. The second-order valence-corrected chi connectivity index (χ2v) is 1.28. The van der Waals surface area contributed by atoms with Gasteiger partial charge in [-0.1, -0.05) is 6.61 Å². The molecule has 0 bridgehead atoms. The summed E-state index contributed by atoms with van der Waals surface area (Å²) in [6, 6.07) is 0. The van der Waals surface area contributed by atoms with Crippen molar-refractivity contribution in [3.8, 4) is 0 Å². The minimum Gasteiger partial charge on any atom is -0.555 e. The summed E-state index contributed by atoms with van der Waals surface area (Å²) >= 11 is 0. The Morgan fingerprint density at radius 3 is 3.25 bits per heavy atom. The van der Waals surface area contributed by atoms with Gasteiger partial charge in [-0.3, -0.25) is 0 Å². The van der Waals surface area contributed by atoms with Gasteiger partial charge in [0.1, 0.15) is 0 Å². The number of hydrogen-bond donors (Lipinski definition) is 0. The Labute approximate surface area is 47.8 Å². The van der Waals surface area contributed by atoms with Gasteiger partial charge in [0.25, 0.3) is 7.11 Å². The van der Waals surface area contributed by atoms with E-state index in [9.17, 15) is 0 Å². The predicted octanol–water partition coefficient (Wildman–Crippen LogP) is 0.616. The molecule has 0 unspecified atom stereocenters. The van der Waals surface area contributed by atoms with Gasteiger partial charge in [0.2, 0.25) is 0 Å². The molecule has 0 fully saturated rings. The van der Waals surface area contributed by atoms with E-state index < -0.39 is 0 Å². The van der Waals surface area contributed by atoms with E-state index in [1.54, 1.807) is 18.8 Å². The van der Waals surface area contributed by atoms with Crippen LogP contribution in [-0.2, 0) is 9.16 Å². The zero-order chi connectivity index (χ0) is 5.82. The van der Waals surface area contributed by atoms with E-state index in [1.807, 2.05) is 0 Å². The smallest absolute Gasteiger partial charge is 0.368 e. The second-order valence-electron chi connectivity index (χ2n) is 1.28. The van der Waals surface area contributed by atoms with Gasteiger partial charge in [0.05, 0.1) is 0 Å². The molecule has 0 saturated carbocycles. The van der Waals surface area contributed by atoms with Gasteiger partial charge in [-0.25, -0.2) is 4.42 Å². The highest BCUT2D eigenvalue weighted by Gasteiger charge is 1.90. The number of carbonyl (C=O) groups excluding carboxylic acids is 1. The molecule has 0 radical (unpaired) electrons. The predicted molar refractivity (Wildman–Crippen MR) is 29.7 cm³/mol. The lowest BCUT2D eigenvalue weighted by Gasteiger charge is -1.93. The van der Waals surface area contributed by atoms with E-state index in [2.05, 4.69) is 10.4 Å². The first-order chi connectivity index (χ1) is 3.93. The lowest BCUT2D eigenvalue weighted by Crippen LogP contribution is -1.76. The Balaban J connectivity index is 2.73. The molecule has 0 aliphatic carbocycles. The van der Waals surface area contributed by atoms with Crippen molar-refractivity contribution in [1.29, 1.82) is 0 Å². The van der Waals surface area contributed by atoms with Crippen LogP contribution in [0.5, 0.6) is 0 Å². The van der Waals surface area contributed by atoms with Crippen LogP contribution in [0.4, 0.5) is 0 Å². The first kappa shape index (κ1) is 5.01. The zero-order valence-electron chi connectivity index (χ0n) is 4.55. The molecule has 1 rings (SSSR count). The monoisotopic (exact) mass is 110 g/mol. The van der Waals surface area contributed by atoms with Gasteiger partial charge >= 0.3 is 5.94 Å². The highest BCUT2D eigenvalue weighted by Crippen LogP contribution is 2.05. The second kappa shape index (κ2) is 2.24. The first-order valence-corrected chi connectivity index (χ1v) is 2.26. The van der Waals surface area contributed by atoms with Crippen LogP contribution in [0, 0.1) is 6.61 Å². The molecule has 42 valence electrons. The molecule has 0 saturated heterocycles. The normalized spacial score (nSPS) is 14.4. The summed E-state index contributed by atoms with van der Waals surface area (Å²) in [5.74, 6) is 3.14. The van der Waals surface area contributed by atoms with Crippen molar-refractivity contribution < 1.29 is 9.16 Å². The topological polar surface area (TPSA) is 20.5 Å². The molecule has 0 spiro atoms. The van der Waals surface area contributed by atoms with Crippen molar-refractivity contribution in [2.45, 2.75) is 0 Å². The third-order valence-corrected chi connectivity index (χ3v) is 0.724. The minimum absolute atomic E-state index is 0.618. The van der Waals surface area contributed by atoms with Gasteiger partial charge in [-0.15, -0.1) is 6.08 Å². The van der Waals surface area contributed by atoms with E-state index in [-0.39, 0.29) is 0 Å². The Morgan fingerprint density at radius 1 is 1.88 bits per heavy atom. The van der Waals surface area contributed by atoms with Crippen molar-refractivity contribution in [1.82, 2.24) is 0 Å². The van der Waals surface area contributed by atoms with Crippen molar-refractivity contribution in [2.24, 2.45) is 0 Å². The van der Waals surface area contributed by atoms with E-state index >= 15 is 0 Å². The molecule has 0 N–H and O–H groups in total. The molecule has 8 heavy (non-hydrogen) atoms. The van der Waals surface area contributed by atoms with Crippen LogP contribution in [0.3, 0.4) is 0 Å². The van der Waals surface area contributed by atoms with Gasteiger partial charge < -0.3 is 4.74 Å². The quantitative estimate of drug-likeness (QED) is 0.254. The molecule has 0 atom stereocenters. The van der Waals surface area contributed by atoms with E-state index in [0.717, 1.165) is 0 Å². The number of ether oxygens (including phenoxy) is 1. The van der Waals surface area contributed by atoms with Gasteiger partial charge in [0.15, 0.2) is 5.76 Å². The minimum atomic E-state index is 0.618. The summed E-state index contributed by atoms with van der Waals surface area (Å²) in [6.45, 7) is 1.57. The molecule has 1 heterocycles. The van der Waals surface area contributed by atoms with Crippen LogP contribution in [0.1, 0.15) is 0 Å². The van der Waals surface area contributed by atoms with E-state index in [4.69, 9.17) is 4.74 Å². The molecular weight excluding hydrogens is 104 g/mol. The molecule has 0 amide bonds. The largest absolute Gasteiger partial charge is 0.555 e. The standard InChI is InChI=1S/C6H6O2/c1-7-5-6-3-2-4-8-6/h2-4H,1H3. The van der Waals surface area contributed by atoms with Crippen LogP contribution in [0.25, 0.3) is 0 Å². The molecule has 0 aromatic carbocycles. The van der Waals surface area contributed by atoms with Crippen molar-refractivity contribution in [3.63, 3.8) is 0 Å². The first-order valence-electron chi connectivity index (χ1n) is 2.26. The van der Waals surface area contributed by atoms with Crippen LogP contribution in [-0.4, -0.2) is 13.1 Å². The third-order valence-electron chi connectivity index (χ3n) is 0.724. The molecule has 0 aromatic heterocycles. The summed E-state index contributed by atoms with van der Waals surface area (Å²) in [5, 5.41) is 0. The average Bonchev–Trinajstić information content (AvgIpc) is 2.19. The Kier molecular flexibility index (Phi) is 1.40. The third kappa shape index (κ3) is 0.922. The molecule has 1 aliphatic heterocycles. The number of allylic oxidation sites excluding steroid dienone is 1. The highest BCUT2D eigenvalue weighted by molar-refractivity contribution is 5.56. The van der Waals surface area contributed by atoms with Gasteiger partial charge in [-0.05, 0) is 0 Å². The SMILES string of the molecule is C[O+]=C=C1C=C[CH-]O1. The summed E-state index contributed by atoms with van der Waals surface area (Å²) in [5.41, 5.74) is 0. The van der Waals surface area contributed by atoms with Crippen molar-refractivity contribution in [2.75, 3.05) is 7.11 Å². The van der Waals surface area contributed by atoms with Crippen molar-refractivity contribution >= 4 is 5.94 Å². The molecular formula is C6H6O2. The fourth-order valence-electron chi connectivity index (χ4n) is 0.437. The van der Waals surface area contributed by atoms with E-state index in [0.29, 0.717) is 5.76 Å². The number of hydrogen-bond acceptors (Lipinski definition) is 1. The summed E-state index contributed by atoms with van der Waals surface area (Å²) < 4.78 is 9.38. The fraction of sp³-hybridized carbons (Fsp3) is 0.167. The van der Waals surface area contributed by atoms with Crippen LogP contribution < -0.4 is 0 Å². The van der Waals surface area contributed by atoms with E-state index in [1.165, 1.54) is 7.11 Å². The highest BCUT2D eigenvalue weighted by atomic mass is 16.5. The maximum atomic E-state index is 4.84. The molecule has 0 aromatic rings. The number of rotatable bonds is 0. The Morgan fingerprint density at radius 2 is 2.75 bits per heavy atom. The van der Waals surface area contributed by atoms with Crippen LogP contribution in [0.15, 0.2) is 17.9 Å². The lowest BCUT2D eigenvalue weighted by atomic mass is 10.5. The van der Waals surface area contributed by atoms with Crippen LogP contribution in [0.2, 0.25) is 0 Å². The van der Waals surface area contributed by atoms with Gasteiger partial charge in [-0.2, -0.15) is 6.08 Å². The van der Waals surface area contributed by atoms with Gasteiger partial charge in [0, 0.05) is 0 Å². The Hall–Kier alpha value is -1.14. The average molecular weight is 110 g/mol. The fourth-order valence-corrected chi connectivity index (χ4v) is 0.437. The Bertz CT molecular complexity index is 161. The molecule has 2 heteroatoms.